The van der Waals surface area contributed by atoms with E-state index in [1.165, 1.54) is 6.07 Å². The van der Waals surface area contributed by atoms with Gasteiger partial charge < -0.3 is 0 Å². The van der Waals surface area contributed by atoms with E-state index in [9.17, 15) is 51.4 Å². The van der Waals surface area contributed by atoms with Crippen LogP contribution in [-0.2, 0) is 6.18 Å². The van der Waals surface area contributed by atoms with E-state index in [1.807, 2.05) is 0 Å². The summed E-state index contributed by atoms with van der Waals surface area (Å²) in [6.07, 6.45) is -9.67. The van der Waals surface area contributed by atoms with Gasteiger partial charge >= 0.3 is 18.2 Å². The van der Waals surface area contributed by atoms with E-state index in [1.54, 1.807) is 0 Å². The number of rotatable bonds is 3. The summed E-state index contributed by atoms with van der Waals surface area (Å²) in [5.74, 6) is -1.62. The summed E-state index contributed by atoms with van der Waals surface area (Å²) in [6.45, 7) is 0. The number of hydrogen-bond acceptors (Lipinski definition) is 5. The van der Waals surface area contributed by atoms with E-state index in [0.717, 1.165) is 0 Å². The van der Waals surface area contributed by atoms with Crippen LogP contribution in [0.25, 0.3) is 11.1 Å². The number of nitrogens with zero attached hydrogens (tertiary/aromatic N) is 2. The van der Waals surface area contributed by atoms with E-state index in [-0.39, 0.29) is 22.0 Å². The summed E-state index contributed by atoms with van der Waals surface area (Å²) in [4.78, 5) is 30.3. The fourth-order valence-corrected chi connectivity index (χ4v) is 2.90. The van der Waals surface area contributed by atoms with E-state index in [4.69, 9.17) is 23.2 Å². The van der Waals surface area contributed by atoms with Crippen molar-refractivity contribution in [2.75, 3.05) is 0 Å². The van der Waals surface area contributed by atoms with Crippen molar-refractivity contribution in [1.29, 1.82) is 0 Å². The second-order valence-corrected chi connectivity index (χ2v) is 6.42. The van der Waals surface area contributed by atoms with Crippen molar-refractivity contribution in [3.8, 4) is 11.1 Å². The molecule has 1 aromatic carbocycles. The van der Waals surface area contributed by atoms with Crippen LogP contribution in [0, 0.1) is 20.2 Å². The zero-order valence-electron chi connectivity index (χ0n) is 14.3. The van der Waals surface area contributed by atoms with Gasteiger partial charge in [0.25, 0.3) is 11.6 Å². The molecular formula is C15H5Cl2F6N3O5. The van der Waals surface area contributed by atoms with Crippen molar-refractivity contribution in [3.63, 3.8) is 0 Å². The summed E-state index contributed by atoms with van der Waals surface area (Å²) in [5, 5.41) is 20.5. The summed E-state index contributed by atoms with van der Waals surface area (Å²) in [7, 11) is 0. The predicted octanol–water partition coefficient (Wildman–Crippen LogP) is 5.75. The van der Waals surface area contributed by atoms with E-state index < -0.39 is 44.4 Å². The summed E-state index contributed by atoms with van der Waals surface area (Å²) in [6, 6.07) is 2.65. The van der Waals surface area contributed by atoms with Gasteiger partial charge in [0.15, 0.2) is 0 Å². The molecule has 0 radical (unpaired) electrons. The fraction of sp³-hybridized carbons (Fsp3) is 0.133. The topological polar surface area (TPSA) is 115 Å². The Kier molecular flexibility index (Phi) is 6.38. The Balaban J connectivity index is 0.000000231. The molecular weight excluding hydrogens is 487 g/mol. The van der Waals surface area contributed by atoms with Crippen molar-refractivity contribution in [2.24, 2.45) is 0 Å². The van der Waals surface area contributed by atoms with Gasteiger partial charge in [-0.05, 0) is 18.2 Å². The molecule has 166 valence electrons. The number of halogens is 8. The lowest BCUT2D eigenvalue weighted by Crippen LogP contribution is -2.37. The van der Waals surface area contributed by atoms with Gasteiger partial charge in [-0.25, -0.2) is 0 Å². The molecule has 16 heteroatoms. The Morgan fingerprint density at radius 2 is 1.55 bits per heavy atom. The molecule has 1 aromatic rings. The Morgan fingerprint density at radius 3 is 1.97 bits per heavy atom. The quantitative estimate of drug-likeness (QED) is 0.217. The average Bonchev–Trinajstić information content (AvgIpc) is 2.56. The number of carbonyl (C=O) groups is 1. The van der Waals surface area contributed by atoms with Crippen LogP contribution in [0.15, 0.2) is 24.3 Å². The predicted molar refractivity (Wildman–Crippen MR) is 93.7 cm³/mol. The minimum atomic E-state index is -4.98. The first-order chi connectivity index (χ1) is 14.0. The Labute approximate surface area is 176 Å². The number of hydrogen-bond donors (Lipinski definition) is 1. The van der Waals surface area contributed by atoms with Crippen LogP contribution < -0.4 is 5.32 Å². The van der Waals surface area contributed by atoms with Gasteiger partial charge in [0, 0.05) is 11.6 Å². The number of amides is 1. The van der Waals surface area contributed by atoms with E-state index >= 15 is 0 Å². The first kappa shape index (κ1) is 24.1. The van der Waals surface area contributed by atoms with Gasteiger partial charge in [0.2, 0.25) is 0 Å². The summed E-state index contributed by atoms with van der Waals surface area (Å²) < 4.78 is 72.2. The monoisotopic (exact) mass is 491 g/mol. The number of benzene rings is 2. The molecule has 2 aliphatic rings. The highest BCUT2D eigenvalue weighted by atomic mass is 35.5. The number of fused-ring (bicyclic) bond motifs is 1. The van der Waals surface area contributed by atoms with Crippen LogP contribution in [0.5, 0.6) is 0 Å². The molecule has 3 rings (SSSR count). The maximum Gasteiger partial charge on any atom is 0.484 e. The maximum absolute atomic E-state index is 12.2. The van der Waals surface area contributed by atoms with Crippen molar-refractivity contribution >= 4 is 40.5 Å². The second kappa shape index (κ2) is 8.19. The van der Waals surface area contributed by atoms with Gasteiger partial charge in [0.1, 0.15) is 10.6 Å². The first-order valence-electron chi connectivity index (χ1n) is 7.46. The number of alkyl halides is 6. The average molecular weight is 492 g/mol. The van der Waals surface area contributed by atoms with Crippen LogP contribution in [0.3, 0.4) is 0 Å². The first-order valence-corrected chi connectivity index (χ1v) is 8.21. The summed E-state index contributed by atoms with van der Waals surface area (Å²) in [5.41, 5.74) is -1.94. The molecule has 31 heavy (non-hydrogen) atoms. The second-order valence-electron chi connectivity index (χ2n) is 5.64. The van der Waals surface area contributed by atoms with Gasteiger partial charge in [-0.15, -0.1) is 0 Å². The van der Waals surface area contributed by atoms with Crippen LogP contribution in [0.2, 0.25) is 10.0 Å². The standard InChI is InChI=1S/C9H4ClF6NO.C6HClN2O4/c10-6-3-4(8(11,12)13)1-2-5(6)7(18)17-9(14,15)16;7-5-2-1-3(8(10)11)4(2)6(5)9(12)13/h1-3H,(H,17,18);1H. The highest BCUT2D eigenvalue weighted by Crippen LogP contribution is 2.57. The number of nitro groups is 2. The zero-order chi connectivity index (χ0) is 23.9. The van der Waals surface area contributed by atoms with Gasteiger partial charge in [-0.1, -0.05) is 23.2 Å². The molecule has 8 nitrogen and oxygen atoms in total. The van der Waals surface area contributed by atoms with Crippen LogP contribution in [0.1, 0.15) is 15.9 Å². The highest BCUT2D eigenvalue weighted by molar-refractivity contribution is 6.40. The molecule has 0 fully saturated rings. The van der Waals surface area contributed by atoms with Crippen molar-refractivity contribution in [1.82, 2.24) is 5.32 Å². The largest absolute Gasteiger partial charge is 0.484 e. The SMILES string of the molecule is O=C(NC(F)(F)F)c1ccc(C(F)(F)F)cc1Cl.O=[N+]([O-])c1cc2c(Cl)c([N+](=O)[O-])c1-2. The lowest BCUT2D eigenvalue weighted by Gasteiger charge is -2.17. The van der Waals surface area contributed by atoms with Gasteiger partial charge in [0.05, 0.1) is 26.0 Å². The van der Waals surface area contributed by atoms with Crippen molar-refractivity contribution in [3.05, 3.63) is 65.7 Å². The highest BCUT2D eigenvalue weighted by Gasteiger charge is 2.43. The lowest BCUT2D eigenvalue weighted by molar-refractivity contribution is -0.394. The number of carbonyl (C=O) groups excluding carboxylic acids is 1. The normalized spacial score (nSPS) is 11.9. The molecule has 0 atom stereocenters. The zero-order valence-corrected chi connectivity index (χ0v) is 15.8. The van der Waals surface area contributed by atoms with Crippen LogP contribution in [-0.4, -0.2) is 22.1 Å². The van der Waals surface area contributed by atoms with Gasteiger partial charge in [-0.3, -0.25) is 30.3 Å². The van der Waals surface area contributed by atoms with Crippen LogP contribution in [0.4, 0.5) is 37.7 Å². The fourth-order valence-electron chi connectivity index (χ4n) is 2.33. The summed E-state index contributed by atoms with van der Waals surface area (Å²) >= 11 is 10.8. The maximum atomic E-state index is 12.2. The molecule has 2 aliphatic carbocycles. The molecule has 0 saturated heterocycles. The molecule has 0 bridgehead atoms. The minimum Gasteiger partial charge on any atom is -0.269 e. The molecule has 0 aliphatic heterocycles. The van der Waals surface area contributed by atoms with Crippen molar-refractivity contribution < 1.29 is 41.0 Å². The molecule has 0 saturated carbocycles. The van der Waals surface area contributed by atoms with Crippen molar-refractivity contribution in [2.45, 2.75) is 12.5 Å². The Hall–Kier alpha value is -3.13. The smallest absolute Gasteiger partial charge is 0.269 e. The van der Waals surface area contributed by atoms with Gasteiger partial charge in [-0.2, -0.15) is 26.3 Å². The van der Waals surface area contributed by atoms with E-state index in [2.05, 4.69) is 0 Å². The van der Waals surface area contributed by atoms with E-state index in [0.29, 0.717) is 29.1 Å². The lowest BCUT2D eigenvalue weighted by atomic mass is 9.88. The number of nitrogens with one attached hydrogen (secondary N) is 1. The third-order valence-electron chi connectivity index (χ3n) is 3.66. The van der Waals surface area contributed by atoms with Crippen LogP contribution >= 0.6 is 23.2 Å². The molecule has 0 aromatic heterocycles. The molecule has 0 heterocycles. The Bertz CT molecular complexity index is 1100. The molecule has 0 unspecified atom stereocenters. The number of nitro benzene ring substituents is 2. The minimum absolute atomic E-state index is 0.00519. The molecule has 0 spiro atoms. The third-order valence-corrected chi connectivity index (χ3v) is 4.36. The molecule has 1 amide bonds. The third kappa shape index (κ3) is 5.14. The molecule has 1 N–H and O–H groups in total. The Morgan fingerprint density at radius 1 is 0.968 bits per heavy atom.